The van der Waals surface area contributed by atoms with Crippen LogP contribution in [0.5, 0.6) is 0 Å². The molecule has 0 spiro atoms. The maximum absolute atomic E-state index is 12.7. The molecule has 0 aromatic heterocycles. The number of aliphatic hydroxyl groups excluding tert-OH is 2. The first kappa shape index (κ1) is 65.5. The Balaban J connectivity index is 4.14. The molecule has 11 heteroatoms. The lowest BCUT2D eigenvalue weighted by Crippen LogP contribution is -2.29. The zero-order valence-electron chi connectivity index (χ0n) is 43.6. The molecule has 396 valence electrons. The summed E-state index contributed by atoms with van der Waals surface area (Å²) in [7, 11) is -4.63. The number of allylic oxidation sites excluding steroid dienone is 4. The van der Waals surface area contributed by atoms with Crippen LogP contribution in [-0.4, -0.2) is 65.7 Å². The topological polar surface area (TPSA) is 149 Å². The summed E-state index contributed by atoms with van der Waals surface area (Å²) in [5, 5.41) is 18.4. The van der Waals surface area contributed by atoms with Gasteiger partial charge in [-0.1, -0.05) is 250 Å². The minimum atomic E-state index is -4.63. The van der Waals surface area contributed by atoms with Crippen LogP contribution in [0.1, 0.15) is 284 Å². The van der Waals surface area contributed by atoms with Crippen molar-refractivity contribution < 1.29 is 47.8 Å². The van der Waals surface area contributed by atoms with Crippen LogP contribution in [-0.2, 0) is 32.7 Å². The number of hydrogen-bond donors (Lipinski definition) is 3. The zero-order valence-corrected chi connectivity index (χ0v) is 44.5. The molecule has 1 unspecified atom stereocenters. The van der Waals surface area contributed by atoms with E-state index in [-0.39, 0.29) is 19.4 Å². The SMILES string of the molecule is CCCCCCCCCCCCCCCC/C=C/CC/C=C/CCCC(=O)O[C@H](COC(=O)CCCCCCCCCCCCCCCCCCCCCCC)COP(=O)(O)OC[C@@H](O)CO. The molecule has 0 amide bonds. The Morgan fingerprint density at radius 3 is 1.16 bits per heavy atom. The summed E-state index contributed by atoms with van der Waals surface area (Å²) in [5.41, 5.74) is 0. The van der Waals surface area contributed by atoms with Crippen LogP contribution in [0.25, 0.3) is 0 Å². The highest BCUT2D eigenvalue weighted by Gasteiger charge is 2.27. The van der Waals surface area contributed by atoms with E-state index in [1.807, 2.05) is 0 Å². The van der Waals surface area contributed by atoms with Crippen LogP contribution >= 0.6 is 7.82 Å². The molecule has 0 saturated heterocycles. The van der Waals surface area contributed by atoms with Gasteiger partial charge < -0.3 is 24.6 Å². The van der Waals surface area contributed by atoms with Gasteiger partial charge in [0.2, 0.25) is 0 Å². The second-order valence-corrected chi connectivity index (χ2v) is 20.8. The fraction of sp³-hybridized carbons (Fsp3) is 0.893. The Morgan fingerprint density at radius 1 is 0.433 bits per heavy atom. The maximum Gasteiger partial charge on any atom is 0.472 e. The van der Waals surface area contributed by atoms with Gasteiger partial charge in [-0.15, -0.1) is 0 Å². The van der Waals surface area contributed by atoms with Crippen LogP contribution in [0, 0.1) is 0 Å². The first-order valence-electron chi connectivity index (χ1n) is 28.3. The molecule has 67 heavy (non-hydrogen) atoms. The van der Waals surface area contributed by atoms with E-state index in [0.717, 1.165) is 38.5 Å². The summed E-state index contributed by atoms with van der Waals surface area (Å²) < 4.78 is 32.9. The van der Waals surface area contributed by atoms with E-state index in [0.29, 0.717) is 19.3 Å². The minimum absolute atomic E-state index is 0.128. The Morgan fingerprint density at radius 2 is 0.761 bits per heavy atom. The molecule has 0 heterocycles. The van der Waals surface area contributed by atoms with Gasteiger partial charge in [0.15, 0.2) is 6.10 Å². The number of phosphoric ester groups is 1. The molecule has 0 radical (unpaired) electrons. The summed E-state index contributed by atoms with van der Waals surface area (Å²) in [6.07, 6.45) is 57.4. The van der Waals surface area contributed by atoms with Gasteiger partial charge in [0.1, 0.15) is 12.7 Å². The highest BCUT2D eigenvalue weighted by molar-refractivity contribution is 7.47. The van der Waals surface area contributed by atoms with E-state index in [1.54, 1.807) is 0 Å². The van der Waals surface area contributed by atoms with E-state index < -0.39 is 51.8 Å². The van der Waals surface area contributed by atoms with Crippen LogP contribution in [0.15, 0.2) is 24.3 Å². The molecule has 3 N–H and O–H groups in total. The predicted molar refractivity (Wildman–Crippen MR) is 279 cm³/mol. The number of rotatable bonds is 54. The van der Waals surface area contributed by atoms with Crippen molar-refractivity contribution in [3.8, 4) is 0 Å². The number of esters is 2. The van der Waals surface area contributed by atoms with Crippen molar-refractivity contribution in [1.82, 2.24) is 0 Å². The third-order valence-electron chi connectivity index (χ3n) is 12.6. The summed E-state index contributed by atoms with van der Waals surface area (Å²) in [6.45, 7) is 2.41. The summed E-state index contributed by atoms with van der Waals surface area (Å²) in [4.78, 5) is 35.2. The Labute approximate surface area is 412 Å². The quantitative estimate of drug-likeness (QED) is 0.0233. The van der Waals surface area contributed by atoms with Crippen molar-refractivity contribution in [3.05, 3.63) is 24.3 Å². The number of phosphoric acid groups is 1. The normalized spacial score (nSPS) is 13.7. The molecule has 0 aromatic carbocycles. The standard InChI is InChI=1S/C56H107O10P/c1-3-5-7-9-11-13-15-17-19-21-23-25-26-28-30-32-34-36-38-40-42-44-46-48-56(60)66-54(52-65-67(61,62)64-50-53(58)49-57)51-63-55(59)47-45-43-41-39-37-35-33-31-29-27-24-22-20-18-16-14-12-10-8-6-4-2/h32,34,40,42,53-54,57-58H,3-31,33,35-39,41,43-52H2,1-2H3,(H,61,62)/b34-32+,42-40+/t53-,54+/m0/s1. The highest BCUT2D eigenvalue weighted by atomic mass is 31.2. The van der Waals surface area contributed by atoms with Crippen molar-refractivity contribution in [3.63, 3.8) is 0 Å². The third kappa shape index (κ3) is 52.1. The van der Waals surface area contributed by atoms with Crippen molar-refractivity contribution in [2.45, 2.75) is 296 Å². The van der Waals surface area contributed by atoms with Gasteiger partial charge in [0, 0.05) is 12.8 Å². The largest absolute Gasteiger partial charge is 0.472 e. The first-order valence-corrected chi connectivity index (χ1v) is 29.8. The fourth-order valence-electron chi connectivity index (χ4n) is 8.25. The molecule has 0 aliphatic heterocycles. The number of carbonyl (C=O) groups excluding carboxylic acids is 2. The second kappa shape index (κ2) is 52.3. The van der Waals surface area contributed by atoms with Gasteiger partial charge in [0.25, 0.3) is 0 Å². The lowest BCUT2D eigenvalue weighted by Gasteiger charge is -2.20. The average Bonchev–Trinajstić information content (AvgIpc) is 3.32. The zero-order chi connectivity index (χ0) is 49.0. The van der Waals surface area contributed by atoms with Gasteiger partial charge >= 0.3 is 19.8 Å². The maximum atomic E-state index is 12.7. The van der Waals surface area contributed by atoms with Gasteiger partial charge in [-0.2, -0.15) is 0 Å². The minimum Gasteiger partial charge on any atom is -0.462 e. The number of carbonyl (C=O) groups is 2. The lowest BCUT2D eigenvalue weighted by molar-refractivity contribution is -0.161. The van der Waals surface area contributed by atoms with E-state index in [2.05, 4.69) is 38.2 Å². The first-order chi connectivity index (χ1) is 32.7. The highest BCUT2D eigenvalue weighted by Crippen LogP contribution is 2.43. The van der Waals surface area contributed by atoms with Crippen molar-refractivity contribution in [2.24, 2.45) is 0 Å². The molecule has 3 atom stereocenters. The van der Waals surface area contributed by atoms with Crippen LogP contribution in [0.3, 0.4) is 0 Å². The number of unbranched alkanes of at least 4 members (excludes halogenated alkanes) is 36. The molecular formula is C56H107O10P. The molecule has 0 fully saturated rings. The molecule has 10 nitrogen and oxygen atoms in total. The van der Waals surface area contributed by atoms with Crippen molar-refractivity contribution >= 4 is 19.8 Å². The average molecular weight is 971 g/mol. The summed E-state index contributed by atoms with van der Waals surface area (Å²) in [6, 6.07) is 0. The Kier molecular flexibility index (Phi) is 51.1. The number of aliphatic hydroxyl groups is 2. The lowest BCUT2D eigenvalue weighted by atomic mass is 10.0. The van der Waals surface area contributed by atoms with Gasteiger partial charge in [0.05, 0.1) is 19.8 Å². The van der Waals surface area contributed by atoms with E-state index in [4.69, 9.17) is 23.6 Å². The van der Waals surface area contributed by atoms with Crippen LogP contribution < -0.4 is 0 Å². The third-order valence-corrected chi connectivity index (χ3v) is 13.5. The van der Waals surface area contributed by atoms with E-state index in [9.17, 15) is 24.2 Å². The van der Waals surface area contributed by atoms with Crippen molar-refractivity contribution in [2.75, 3.05) is 26.4 Å². The predicted octanol–water partition coefficient (Wildman–Crippen LogP) is 16.5. The summed E-state index contributed by atoms with van der Waals surface area (Å²) >= 11 is 0. The van der Waals surface area contributed by atoms with Crippen LogP contribution in [0.4, 0.5) is 0 Å². The molecule has 0 aliphatic rings. The summed E-state index contributed by atoms with van der Waals surface area (Å²) in [5.74, 6) is -0.957. The Bertz CT molecular complexity index is 1160. The number of ether oxygens (including phenoxy) is 2. The number of hydrogen-bond acceptors (Lipinski definition) is 9. The van der Waals surface area contributed by atoms with E-state index in [1.165, 1.54) is 199 Å². The molecular weight excluding hydrogens is 864 g/mol. The van der Waals surface area contributed by atoms with Crippen molar-refractivity contribution in [1.29, 1.82) is 0 Å². The monoisotopic (exact) mass is 971 g/mol. The Hall–Kier alpha value is -1.55. The van der Waals surface area contributed by atoms with Gasteiger partial charge in [-0.05, 0) is 44.9 Å². The molecule has 0 aromatic rings. The fourth-order valence-corrected chi connectivity index (χ4v) is 9.04. The molecule has 0 aliphatic carbocycles. The molecule has 0 rings (SSSR count). The van der Waals surface area contributed by atoms with Gasteiger partial charge in [-0.3, -0.25) is 18.6 Å². The molecule has 0 saturated carbocycles. The van der Waals surface area contributed by atoms with Crippen LogP contribution in [0.2, 0.25) is 0 Å². The van der Waals surface area contributed by atoms with E-state index >= 15 is 0 Å². The molecule has 0 bridgehead atoms. The smallest absolute Gasteiger partial charge is 0.462 e. The van der Waals surface area contributed by atoms with Gasteiger partial charge in [-0.25, -0.2) is 4.57 Å². The second-order valence-electron chi connectivity index (χ2n) is 19.3.